The summed E-state index contributed by atoms with van der Waals surface area (Å²) in [6.07, 6.45) is 0.513. The molecule has 3 aromatic rings. The first kappa shape index (κ1) is 34.8. The average Bonchev–Trinajstić information content (AvgIpc) is 3.00. The van der Waals surface area contributed by atoms with Gasteiger partial charge < -0.3 is 29.9 Å². The van der Waals surface area contributed by atoms with Gasteiger partial charge in [0, 0.05) is 38.2 Å². The fraction of sp³-hybridized carbons (Fsp3) is 0.414. The first-order valence-corrected chi connectivity index (χ1v) is 14.8. The Labute approximate surface area is 257 Å². The van der Waals surface area contributed by atoms with Gasteiger partial charge in [-0.3, -0.25) is 4.79 Å². The largest absolute Gasteiger partial charge is 0.495 e. The Kier molecular flexibility index (Phi) is 12.5. The van der Waals surface area contributed by atoms with Gasteiger partial charge >= 0.3 is 6.18 Å². The van der Waals surface area contributed by atoms with E-state index in [-0.39, 0.29) is 29.5 Å². The Bertz CT molecular complexity index is 1410. The number of carbonyl (C=O) groups excluding carboxylic acids is 1. The number of likely N-dealkylation sites (tertiary alicyclic amines) is 1. The van der Waals surface area contributed by atoms with Crippen molar-refractivity contribution in [3.63, 3.8) is 0 Å². The molecule has 1 fully saturated rings. The van der Waals surface area contributed by atoms with Gasteiger partial charge in [-0.05, 0) is 63.8 Å². The number of carbonyl (C=O) groups is 1. The first-order chi connectivity index (χ1) is 20.9. The molecule has 0 bridgehead atoms. The number of hydrogen-bond donors (Lipinski definition) is 3. The van der Waals surface area contributed by atoms with Crippen molar-refractivity contribution in [2.75, 3.05) is 62.5 Å². The van der Waals surface area contributed by atoms with E-state index in [0.717, 1.165) is 18.2 Å². The molecule has 0 saturated carbocycles. The average molecular weight is 642 g/mol. The van der Waals surface area contributed by atoms with Crippen LogP contribution in [0.25, 0.3) is 0 Å². The molecule has 1 aliphatic heterocycles. The lowest BCUT2D eigenvalue weighted by Crippen LogP contribution is -2.39. The van der Waals surface area contributed by atoms with Crippen LogP contribution in [0, 0.1) is 11.6 Å². The van der Waals surface area contributed by atoms with Crippen LogP contribution < -0.4 is 25.0 Å². The van der Waals surface area contributed by atoms with Crippen LogP contribution in [-0.4, -0.2) is 74.8 Å². The predicted molar refractivity (Wildman–Crippen MR) is 164 cm³/mol. The summed E-state index contributed by atoms with van der Waals surface area (Å²) in [4.78, 5) is 20.9. The quantitative estimate of drug-likeness (QED) is 0.140. The molecule has 1 aliphatic rings. The topological polar surface area (TPSA) is 94.7 Å². The second kappa shape index (κ2) is 15.9. The van der Waals surface area contributed by atoms with Crippen LogP contribution in [0.1, 0.15) is 34.3 Å². The van der Waals surface area contributed by atoms with Crippen LogP contribution in [0.15, 0.2) is 36.5 Å². The molecule has 0 atom stereocenters. The minimum atomic E-state index is -4.77. The molecule has 0 unspecified atom stereocenters. The fourth-order valence-electron chi connectivity index (χ4n) is 4.38. The zero-order valence-electron chi connectivity index (χ0n) is 25.1. The van der Waals surface area contributed by atoms with Gasteiger partial charge in [0.2, 0.25) is 5.95 Å². The van der Waals surface area contributed by atoms with Gasteiger partial charge in [0.25, 0.3) is 0 Å². The van der Waals surface area contributed by atoms with E-state index in [1.807, 2.05) is 0 Å². The monoisotopic (exact) mass is 641 g/mol. The molecule has 44 heavy (non-hydrogen) atoms. The Morgan fingerprint density at radius 2 is 1.89 bits per heavy atom. The van der Waals surface area contributed by atoms with Crippen LogP contribution in [0.4, 0.5) is 45.1 Å². The zero-order chi connectivity index (χ0) is 32.4. The van der Waals surface area contributed by atoms with Crippen molar-refractivity contribution in [3.05, 3.63) is 64.9 Å². The minimum absolute atomic E-state index is 0.00345. The number of benzene rings is 2. The molecule has 3 N–H and O–H groups in total. The summed E-state index contributed by atoms with van der Waals surface area (Å²) in [6, 6.07) is 6.79. The molecule has 0 amide bonds. The maximum Gasteiger partial charge on any atom is 0.421 e. The lowest BCUT2D eigenvalue weighted by molar-refractivity contribution is -0.137. The highest BCUT2D eigenvalue weighted by Crippen LogP contribution is 2.36. The van der Waals surface area contributed by atoms with Crippen molar-refractivity contribution in [2.24, 2.45) is 0 Å². The summed E-state index contributed by atoms with van der Waals surface area (Å²) >= 11 is 1.30. The van der Waals surface area contributed by atoms with E-state index >= 15 is 0 Å². The van der Waals surface area contributed by atoms with Crippen LogP contribution in [0.5, 0.6) is 5.75 Å². The Morgan fingerprint density at radius 3 is 2.48 bits per heavy atom. The van der Waals surface area contributed by atoms with Crippen molar-refractivity contribution in [2.45, 2.75) is 31.6 Å². The summed E-state index contributed by atoms with van der Waals surface area (Å²) < 4.78 is 75.4. The Balaban J connectivity index is 0.000000502. The van der Waals surface area contributed by atoms with E-state index in [2.05, 4.69) is 44.9 Å². The van der Waals surface area contributed by atoms with Crippen molar-refractivity contribution in [1.82, 2.24) is 20.2 Å². The lowest BCUT2D eigenvalue weighted by Gasteiger charge is -2.28. The number of aldehydes is 1. The Hall–Kier alpha value is -3.69. The van der Waals surface area contributed by atoms with Gasteiger partial charge in [-0.1, -0.05) is 18.0 Å². The Morgan fingerprint density at radius 1 is 1.18 bits per heavy atom. The first-order valence-electron chi connectivity index (χ1n) is 13.6. The number of rotatable bonds is 10. The normalized spacial score (nSPS) is 14.0. The van der Waals surface area contributed by atoms with Crippen LogP contribution in [0.3, 0.4) is 0 Å². The minimum Gasteiger partial charge on any atom is -0.495 e. The maximum absolute atomic E-state index is 14.1. The maximum atomic E-state index is 14.1. The van der Waals surface area contributed by atoms with Gasteiger partial charge in [0.1, 0.15) is 28.8 Å². The molecule has 1 saturated heterocycles. The second-order valence-corrected chi connectivity index (χ2v) is 10.9. The number of piperidine rings is 1. The van der Waals surface area contributed by atoms with E-state index in [0.29, 0.717) is 23.7 Å². The molecule has 1 aromatic heterocycles. The zero-order valence-corrected chi connectivity index (χ0v) is 25.9. The third kappa shape index (κ3) is 9.40. The number of ether oxygens (including phenoxy) is 1. The molecule has 2 heterocycles. The van der Waals surface area contributed by atoms with Crippen molar-refractivity contribution in [1.29, 1.82) is 0 Å². The highest BCUT2D eigenvalue weighted by Gasteiger charge is 2.35. The number of hydrogen-bond acceptors (Lipinski definition) is 10. The SMILES string of the molecule is CNC1CCN(C)CC1.COc1cc(C=O)c(F)cc1Nc1ncc(C(F)(F)F)c(NCc2ccc(F)cc2N(C)SC)n1. The fourth-order valence-corrected chi connectivity index (χ4v) is 4.75. The summed E-state index contributed by atoms with van der Waals surface area (Å²) in [5.74, 6) is -2.12. The van der Waals surface area contributed by atoms with Crippen molar-refractivity contribution < 1.29 is 31.5 Å². The number of alkyl halides is 3. The smallest absolute Gasteiger partial charge is 0.421 e. The molecule has 15 heteroatoms. The number of methoxy groups -OCH3 is 1. The molecule has 0 aliphatic carbocycles. The van der Waals surface area contributed by atoms with Crippen LogP contribution in [-0.2, 0) is 12.7 Å². The standard InChI is InChI=1S/C22H20F5N5O2S.C7H16N2/c1-32(35-3)18-7-14(23)5-4-12(18)9-28-20-15(22(25,26)27)10-29-21(31-20)30-17-8-16(24)13(11-33)6-19(17)34-2;1-8-7-3-5-9(2)6-4-7/h4-8,10-11H,9H2,1-3H3,(H2,28,29,30,31);7-8H,3-6H2,1-2H3. The van der Waals surface area contributed by atoms with Gasteiger partial charge in [-0.2, -0.15) is 18.2 Å². The summed E-state index contributed by atoms with van der Waals surface area (Å²) in [5, 5.41) is 8.54. The molecule has 4 rings (SSSR count). The summed E-state index contributed by atoms with van der Waals surface area (Å²) in [7, 11) is 7.21. The highest BCUT2D eigenvalue weighted by atomic mass is 32.2. The highest BCUT2D eigenvalue weighted by molar-refractivity contribution is 7.99. The second-order valence-electron chi connectivity index (χ2n) is 9.94. The molecular weight excluding hydrogens is 605 g/mol. The summed E-state index contributed by atoms with van der Waals surface area (Å²) in [6.45, 7) is 2.41. The molecule has 240 valence electrons. The van der Waals surface area contributed by atoms with Gasteiger partial charge in [-0.15, -0.1) is 0 Å². The van der Waals surface area contributed by atoms with E-state index in [4.69, 9.17) is 4.74 Å². The van der Waals surface area contributed by atoms with Crippen LogP contribution >= 0.6 is 11.9 Å². The number of halogens is 5. The van der Waals surface area contributed by atoms with E-state index in [9.17, 15) is 26.7 Å². The number of nitrogens with one attached hydrogen (secondary N) is 3. The van der Waals surface area contributed by atoms with Crippen LogP contribution in [0.2, 0.25) is 0 Å². The lowest BCUT2D eigenvalue weighted by atomic mass is 10.1. The number of anilines is 4. The number of nitrogens with zero attached hydrogens (tertiary/aromatic N) is 4. The third-order valence-corrected chi connectivity index (χ3v) is 7.76. The molecule has 9 nitrogen and oxygen atoms in total. The molecule has 0 spiro atoms. The third-order valence-electron chi connectivity index (χ3n) is 7.02. The van der Waals surface area contributed by atoms with Gasteiger partial charge in [-0.25, -0.2) is 13.8 Å². The van der Waals surface area contributed by atoms with E-state index in [1.54, 1.807) is 17.6 Å². The van der Waals surface area contributed by atoms with Gasteiger partial charge in [0.05, 0.1) is 24.0 Å². The molecule has 2 aromatic carbocycles. The van der Waals surface area contributed by atoms with Crippen molar-refractivity contribution in [3.8, 4) is 5.75 Å². The summed E-state index contributed by atoms with van der Waals surface area (Å²) in [5.41, 5.74) is -0.379. The van der Waals surface area contributed by atoms with E-state index < -0.39 is 29.2 Å². The molecule has 0 radical (unpaired) electrons. The number of aromatic nitrogens is 2. The predicted octanol–water partition coefficient (Wildman–Crippen LogP) is 5.96. The van der Waals surface area contributed by atoms with E-state index in [1.165, 1.54) is 63.2 Å². The van der Waals surface area contributed by atoms with Gasteiger partial charge in [0.15, 0.2) is 6.29 Å². The van der Waals surface area contributed by atoms with Crippen molar-refractivity contribution >= 4 is 41.4 Å². The molecular formula is C29H36F5N7O2S.